The number of hydrogen-bond donors (Lipinski definition) is 2. The van der Waals surface area contributed by atoms with Crippen molar-refractivity contribution >= 4 is 17.6 Å². The van der Waals surface area contributed by atoms with E-state index in [2.05, 4.69) is 10.6 Å². The average molecular weight is 349 g/mol. The number of amides is 3. The van der Waals surface area contributed by atoms with Gasteiger partial charge in [-0.1, -0.05) is 13.0 Å². The Morgan fingerprint density at radius 1 is 1.32 bits per heavy atom. The first-order chi connectivity index (χ1) is 12.0. The molecule has 7 heteroatoms. The Labute approximate surface area is 148 Å². The van der Waals surface area contributed by atoms with Crippen LogP contribution in [0.15, 0.2) is 18.2 Å². The van der Waals surface area contributed by atoms with Gasteiger partial charge in [-0.2, -0.15) is 0 Å². The van der Waals surface area contributed by atoms with Crippen molar-refractivity contribution in [3.8, 4) is 5.75 Å². The lowest BCUT2D eigenvalue weighted by molar-refractivity contribution is -0.136. The number of benzene rings is 1. The SMILES string of the molecule is CCCOc1cc(C)ccc1NC(=O)N[C@H](C)C(=O)N1CCOCC1. The Kier molecular flexibility index (Phi) is 7.06. The Hall–Kier alpha value is -2.28. The maximum Gasteiger partial charge on any atom is 0.319 e. The van der Waals surface area contributed by atoms with Gasteiger partial charge in [0.05, 0.1) is 25.5 Å². The summed E-state index contributed by atoms with van der Waals surface area (Å²) in [5.74, 6) is 0.522. The van der Waals surface area contributed by atoms with Gasteiger partial charge >= 0.3 is 6.03 Å². The van der Waals surface area contributed by atoms with E-state index >= 15 is 0 Å². The summed E-state index contributed by atoms with van der Waals surface area (Å²) in [4.78, 5) is 26.3. The number of urea groups is 1. The predicted octanol–water partition coefficient (Wildman–Crippen LogP) is 2.15. The molecule has 1 fully saturated rings. The summed E-state index contributed by atoms with van der Waals surface area (Å²) in [7, 11) is 0. The molecule has 1 aromatic rings. The zero-order chi connectivity index (χ0) is 18.2. The van der Waals surface area contributed by atoms with Crippen LogP contribution in [0.5, 0.6) is 5.75 Å². The van der Waals surface area contributed by atoms with Crippen molar-refractivity contribution in [2.24, 2.45) is 0 Å². The van der Waals surface area contributed by atoms with E-state index in [1.807, 2.05) is 26.0 Å². The quantitative estimate of drug-likeness (QED) is 0.825. The van der Waals surface area contributed by atoms with Crippen molar-refractivity contribution in [1.82, 2.24) is 10.2 Å². The van der Waals surface area contributed by atoms with Crippen molar-refractivity contribution in [3.63, 3.8) is 0 Å². The number of nitrogens with zero attached hydrogens (tertiary/aromatic N) is 1. The van der Waals surface area contributed by atoms with Gasteiger partial charge in [0.1, 0.15) is 11.8 Å². The summed E-state index contributed by atoms with van der Waals surface area (Å²) < 4.78 is 10.9. The highest BCUT2D eigenvalue weighted by Gasteiger charge is 2.23. The molecule has 0 saturated carbocycles. The van der Waals surface area contributed by atoms with Crippen LogP contribution in [-0.2, 0) is 9.53 Å². The van der Waals surface area contributed by atoms with E-state index < -0.39 is 12.1 Å². The second kappa shape index (κ2) is 9.27. The smallest absolute Gasteiger partial charge is 0.319 e. The number of morpholine rings is 1. The van der Waals surface area contributed by atoms with Gasteiger partial charge < -0.3 is 25.0 Å². The molecule has 0 unspecified atom stereocenters. The molecule has 0 aliphatic carbocycles. The summed E-state index contributed by atoms with van der Waals surface area (Å²) in [5.41, 5.74) is 1.63. The minimum absolute atomic E-state index is 0.107. The van der Waals surface area contributed by atoms with E-state index in [4.69, 9.17) is 9.47 Å². The lowest BCUT2D eigenvalue weighted by atomic mass is 10.2. The molecule has 3 amide bonds. The Morgan fingerprint density at radius 3 is 2.72 bits per heavy atom. The molecule has 2 N–H and O–H groups in total. The van der Waals surface area contributed by atoms with E-state index in [0.717, 1.165) is 12.0 Å². The monoisotopic (exact) mass is 349 g/mol. The molecule has 2 rings (SSSR count). The van der Waals surface area contributed by atoms with Gasteiger partial charge in [0.2, 0.25) is 5.91 Å². The summed E-state index contributed by atoms with van der Waals surface area (Å²) in [6, 6.07) is 4.54. The van der Waals surface area contributed by atoms with Crippen LogP contribution in [0.1, 0.15) is 25.8 Å². The van der Waals surface area contributed by atoms with Gasteiger partial charge in [0.25, 0.3) is 0 Å². The summed E-state index contributed by atoms with van der Waals surface area (Å²) in [6.45, 7) is 8.42. The zero-order valence-corrected chi connectivity index (χ0v) is 15.1. The van der Waals surface area contributed by atoms with Crippen LogP contribution in [0.2, 0.25) is 0 Å². The molecule has 0 aromatic heterocycles. The summed E-state index contributed by atoms with van der Waals surface area (Å²) >= 11 is 0. The topological polar surface area (TPSA) is 79.9 Å². The minimum Gasteiger partial charge on any atom is -0.491 e. The Bertz CT molecular complexity index is 600. The Balaban J connectivity index is 1.93. The molecule has 25 heavy (non-hydrogen) atoms. The number of anilines is 1. The van der Waals surface area contributed by atoms with E-state index in [1.165, 1.54) is 0 Å². The number of carbonyl (C=O) groups excluding carboxylic acids is 2. The van der Waals surface area contributed by atoms with Gasteiger partial charge in [-0.15, -0.1) is 0 Å². The number of carbonyl (C=O) groups is 2. The summed E-state index contributed by atoms with van der Waals surface area (Å²) in [6.07, 6.45) is 0.880. The molecule has 138 valence electrons. The maximum atomic E-state index is 12.3. The number of aryl methyl sites for hydroxylation is 1. The molecule has 1 aliphatic heterocycles. The molecule has 0 radical (unpaired) electrons. The van der Waals surface area contributed by atoms with E-state index in [1.54, 1.807) is 17.9 Å². The third-order valence-corrected chi connectivity index (χ3v) is 3.89. The third kappa shape index (κ3) is 5.63. The summed E-state index contributed by atoms with van der Waals surface area (Å²) in [5, 5.41) is 5.45. The first-order valence-electron chi connectivity index (χ1n) is 8.68. The van der Waals surface area contributed by atoms with Gasteiger partial charge in [0.15, 0.2) is 0 Å². The first-order valence-corrected chi connectivity index (χ1v) is 8.68. The van der Waals surface area contributed by atoms with Crippen LogP contribution in [0.3, 0.4) is 0 Å². The average Bonchev–Trinajstić information content (AvgIpc) is 2.61. The van der Waals surface area contributed by atoms with Crippen LogP contribution in [0.25, 0.3) is 0 Å². The predicted molar refractivity (Wildman–Crippen MR) is 96.0 cm³/mol. The molecular weight excluding hydrogens is 322 g/mol. The van der Waals surface area contributed by atoms with Crippen molar-refractivity contribution in [2.75, 3.05) is 38.2 Å². The van der Waals surface area contributed by atoms with Gasteiger partial charge in [-0.25, -0.2) is 4.79 Å². The third-order valence-electron chi connectivity index (χ3n) is 3.89. The van der Waals surface area contributed by atoms with E-state index in [0.29, 0.717) is 44.3 Å². The molecule has 1 aliphatic rings. The van der Waals surface area contributed by atoms with Crippen LogP contribution in [0.4, 0.5) is 10.5 Å². The lowest BCUT2D eigenvalue weighted by Gasteiger charge is -2.29. The maximum absolute atomic E-state index is 12.3. The molecule has 1 heterocycles. The van der Waals surface area contributed by atoms with Crippen molar-refractivity contribution in [1.29, 1.82) is 0 Å². The molecule has 1 aromatic carbocycles. The lowest BCUT2D eigenvalue weighted by Crippen LogP contribution is -2.51. The van der Waals surface area contributed by atoms with Gasteiger partial charge in [-0.3, -0.25) is 4.79 Å². The minimum atomic E-state index is -0.608. The van der Waals surface area contributed by atoms with Crippen molar-refractivity contribution in [2.45, 2.75) is 33.2 Å². The van der Waals surface area contributed by atoms with Crippen LogP contribution >= 0.6 is 0 Å². The molecule has 0 spiro atoms. The Morgan fingerprint density at radius 2 is 2.04 bits per heavy atom. The largest absolute Gasteiger partial charge is 0.491 e. The van der Waals surface area contributed by atoms with Crippen LogP contribution < -0.4 is 15.4 Å². The van der Waals surface area contributed by atoms with E-state index in [-0.39, 0.29) is 5.91 Å². The number of hydrogen-bond acceptors (Lipinski definition) is 4. The van der Waals surface area contributed by atoms with Crippen molar-refractivity contribution in [3.05, 3.63) is 23.8 Å². The van der Waals surface area contributed by atoms with Crippen LogP contribution in [-0.4, -0.2) is 55.8 Å². The molecule has 1 saturated heterocycles. The molecular formula is C18H27N3O4. The standard InChI is InChI=1S/C18H27N3O4/c1-4-9-25-16-12-13(2)5-6-15(16)20-18(23)19-14(3)17(22)21-7-10-24-11-8-21/h5-6,12,14H,4,7-11H2,1-3H3,(H2,19,20,23)/t14-/m1/s1. The normalized spacial score (nSPS) is 15.4. The zero-order valence-electron chi connectivity index (χ0n) is 15.1. The molecule has 7 nitrogen and oxygen atoms in total. The number of nitrogens with one attached hydrogen (secondary N) is 2. The highest BCUT2D eigenvalue weighted by molar-refractivity contribution is 5.94. The fourth-order valence-electron chi connectivity index (χ4n) is 2.54. The molecule has 1 atom stereocenters. The fraction of sp³-hybridized carbons (Fsp3) is 0.556. The van der Waals surface area contributed by atoms with Gasteiger partial charge in [-0.05, 0) is 38.0 Å². The van der Waals surface area contributed by atoms with Crippen LogP contribution in [0, 0.1) is 6.92 Å². The van der Waals surface area contributed by atoms with Gasteiger partial charge in [0, 0.05) is 13.1 Å². The fourth-order valence-corrected chi connectivity index (χ4v) is 2.54. The first kappa shape index (κ1) is 19.1. The number of ether oxygens (including phenoxy) is 2. The van der Waals surface area contributed by atoms with E-state index in [9.17, 15) is 9.59 Å². The highest BCUT2D eigenvalue weighted by atomic mass is 16.5. The highest BCUT2D eigenvalue weighted by Crippen LogP contribution is 2.25. The molecule has 0 bridgehead atoms. The second-order valence-corrected chi connectivity index (χ2v) is 6.11. The van der Waals surface area contributed by atoms with Crippen molar-refractivity contribution < 1.29 is 19.1 Å². The number of rotatable bonds is 6. The second-order valence-electron chi connectivity index (χ2n) is 6.11.